The first-order valence-corrected chi connectivity index (χ1v) is 9.36. The lowest BCUT2D eigenvalue weighted by molar-refractivity contribution is -0.114. The van der Waals surface area contributed by atoms with Gasteiger partial charge < -0.3 is 25.1 Å². The zero-order valence-electron chi connectivity index (χ0n) is 16.6. The molecule has 1 heterocycles. The number of carbonyl (C=O) groups excluding carboxylic acids is 2. The largest absolute Gasteiger partial charge is 0.487 e. The van der Waals surface area contributed by atoms with Gasteiger partial charge in [-0.3, -0.25) is 9.59 Å². The van der Waals surface area contributed by atoms with E-state index in [2.05, 4.69) is 22.5 Å². The molecule has 0 unspecified atom stereocenters. The van der Waals surface area contributed by atoms with Gasteiger partial charge in [0.05, 0.1) is 18.5 Å². The number of hydrogen-bond acceptors (Lipinski definition) is 5. The molecule has 0 atom stereocenters. The van der Waals surface area contributed by atoms with Gasteiger partial charge in [0, 0.05) is 11.4 Å². The van der Waals surface area contributed by atoms with Crippen molar-refractivity contribution in [3.05, 3.63) is 84.8 Å². The van der Waals surface area contributed by atoms with E-state index in [1.54, 1.807) is 36.4 Å². The second-order valence-electron chi connectivity index (χ2n) is 6.66. The minimum atomic E-state index is -0.364. The summed E-state index contributed by atoms with van der Waals surface area (Å²) in [6, 6.07) is 17.5. The van der Waals surface area contributed by atoms with Crippen LogP contribution in [-0.4, -0.2) is 25.0 Å². The van der Waals surface area contributed by atoms with E-state index in [1.165, 1.54) is 6.26 Å². The summed E-state index contributed by atoms with van der Waals surface area (Å²) in [6.07, 6.45) is 1.43. The molecule has 3 rings (SSSR count). The first kappa shape index (κ1) is 20.7. The Bertz CT molecular complexity index is 1030. The van der Waals surface area contributed by atoms with Crippen molar-refractivity contribution < 1.29 is 18.7 Å². The Morgan fingerprint density at radius 1 is 1.00 bits per heavy atom. The predicted molar refractivity (Wildman–Crippen MR) is 117 cm³/mol. The van der Waals surface area contributed by atoms with Crippen LogP contribution in [0.1, 0.15) is 17.5 Å². The second kappa shape index (κ2) is 9.97. The van der Waals surface area contributed by atoms with Crippen molar-refractivity contribution in [2.75, 3.05) is 29.1 Å². The number of carbonyl (C=O) groups is 2. The summed E-state index contributed by atoms with van der Waals surface area (Å²) < 4.78 is 10.8. The number of ether oxygens (including phenoxy) is 1. The van der Waals surface area contributed by atoms with Gasteiger partial charge in [0.25, 0.3) is 5.91 Å². The lowest BCUT2D eigenvalue weighted by Gasteiger charge is -2.13. The monoisotopic (exact) mass is 405 g/mol. The summed E-state index contributed by atoms with van der Waals surface area (Å²) in [4.78, 5) is 24.4. The van der Waals surface area contributed by atoms with E-state index in [0.29, 0.717) is 29.4 Å². The van der Waals surface area contributed by atoms with Crippen LogP contribution in [0.25, 0.3) is 0 Å². The van der Waals surface area contributed by atoms with E-state index in [-0.39, 0.29) is 24.1 Å². The van der Waals surface area contributed by atoms with Crippen LogP contribution in [0, 0.1) is 0 Å². The molecule has 30 heavy (non-hydrogen) atoms. The molecule has 0 bridgehead atoms. The Balaban J connectivity index is 1.55. The minimum absolute atomic E-state index is 0.0520. The van der Waals surface area contributed by atoms with Crippen LogP contribution in [0.4, 0.5) is 17.1 Å². The average molecular weight is 405 g/mol. The first-order valence-electron chi connectivity index (χ1n) is 9.36. The Labute approximate surface area is 174 Å². The van der Waals surface area contributed by atoms with Gasteiger partial charge in [0.15, 0.2) is 5.76 Å². The summed E-state index contributed by atoms with van der Waals surface area (Å²) >= 11 is 0. The van der Waals surface area contributed by atoms with Crippen LogP contribution in [0.15, 0.2) is 83.5 Å². The van der Waals surface area contributed by atoms with Crippen molar-refractivity contribution in [1.82, 2.24) is 0 Å². The summed E-state index contributed by atoms with van der Waals surface area (Å²) in [5.41, 5.74) is 2.72. The highest BCUT2D eigenvalue weighted by Crippen LogP contribution is 2.24. The van der Waals surface area contributed by atoms with Crippen molar-refractivity contribution in [3.63, 3.8) is 0 Å². The molecule has 0 spiro atoms. The Kier molecular flexibility index (Phi) is 6.89. The maximum absolute atomic E-state index is 12.4. The zero-order chi connectivity index (χ0) is 21.3. The normalized spacial score (nSPS) is 10.2. The van der Waals surface area contributed by atoms with Gasteiger partial charge in [0.1, 0.15) is 12.4 Å². The Morgan fingerprint density at radius 3 is 2.50 bits per heavy atom. The fourth-order valence-corrected chi connectivity index (χ4v) is 2.60. The number of para-hydroxylation sites is 2. The molecular formula is C23H23N3O4. The van der Waals surface area contributed by atoms with E-state index < -0.39 is 0 Å². The predicted octanol–water partition coefficient (Wildman–Crippen LogP) is 4.54. The molecule has 0 aliphatic heterocycles. The minimum Gasteiger partial charge on any atom is -0.487 e. The lowest BCUT2D eigenvalue weighted by atomic mass is 10.2. The fourth-order valence-electron chi connectivity index (χ4n) is 2.60. The average Bonchev–Trinajstić information content (AvgIpc) is 3.26. The summed E-state index contributed by atoms with van der Waals surface area (Å²) in [6.45, 7) is 6.16. The molecule has 3 aromatic rings. The van der Waals surface area contributed by atoms with Crippen molar-refractivity contribution in [3.8, 4) is 5.75 Å². The molecule has 7 heteroatoms. The molecule has 1 aromatic heterocycles. The van der Waals surface area contributed by atoms with Gasteiger partial charge >= 0.3 is 0 Å². The van der Waals surface area contributed by atoms with Crippen LogP contribution >= 0.6 is 0 Å². The van der Waals surface area contributed by atoms with Gasteiger partial charge in [-0.15, -0.1) is 0 Å². The summed E-state index contributed by atoms with van der Waals surface area (Å²) in [5.74, 6) is 0.257. The number of furan rings is 1. The Hall–Kier alpha value is -4.00. The van der Waals surface area contributed by atoms with Crippen LogP contribution in [0.5, 0.6) is 5.75 Å². The number of amides is 2. The molecule has 7 nitrogen and oxygen atoms in total. The van der Waals surface area contributed by atoms with Crippen LogP contribution in [-0.2, 0) is 4.79 Å². The van der Waals surface area contributed by atoms with Gasteiger partial charge in [0.2, 0.25) is 5.91 Å². The van der Waals surface area contributed by atoms with E-state index in [9.17, 15) is 9.59 Å². The van der Waals surface area contributed by atoms with E-state index in [0.717, 1.165) is 5.57 Å². The summed E-state index contributed by atoms with van der Waals surface area (Å²) in [7, 11) is 0. The number of hydrogen-bond donors (Lipinski definition) is 3. The molecule has 2 amide bonds. The molecule has 0 saturated heterocycles. The van der Waals surface area contributed by atoms with E-state index in [4.69, 9.17) is 9.15 Å². The molecule has 0 aliphatic carbocycles. The number of benzene rings is 2. The topological polar surface area (TPSA) is 92.6 Å². The van der Waals surface area contributed by atoms with Crippen LogP contribution in [0.2, 0.25) is 0 Å². The van der Waals surface area contributed by atoms with Crippen molar-refractivity contribution >= 4 is 28.9 Å². The highest BCUT2D eigenvalue weighted by molar-refractivity contribution is 6.02. The molecule has 0 radical (unpaired) electrons. The smallest absolute Gasteiger partial charge is 0.291 e. The Morgan fingerprint density at radius 2 is 1.77 bits per heavy atom. The molecular weight excluding hydrogens is 382 g/mol. The first-order chi connectivity index (χ1) is 14.5. The number of nitrogens with one attached hydrogen (secondary N) is 3. The quantitative estimate of drug-likeness (QED) is 0.455. The highest BCUT2D eigenvalue weighted by Gasteiger charge is 2.10. The lowest BCUT2D eigenvalue weighted by Crippen LogP contribution is -2.22. The third-order valence-corrected chi connectivity index (χ3v) is 3.95. The number of rotatable bonds is 9. The van der Waals surface area contributed by atoms with Crippen LogP contribution < -0.4 is 20.7 Å². The maximum Gasteiger partial charge on any atom is 0.291 e. The molecule has 154 valence electrons. The second-order valence-corrected chi connectivity index (χ2v) is 6.66. The molecule has 0 aliphatic rings. The van der Waals surface area contributed by atoms with E-state index >= 15 is 0 Å². The SMILES string of the molecule is C=C(C)COc1ccccc1NCC(=O)Nc1cccc(NC(=O)c2ccco2)c1. The standard InChI is InChI=1S/C23H23N3O4/c1-16(2)15-30-20-10-4-3-9-19(20)24-14-22(27)25-17-7-5-8-18(13-17)26-23(28)21-11-6-12-29-21/h3-13,24H,1,14-15H2,2H3,(H,25,27)(H,26,28). The van der Waals surface area contributed by atoms with Crippen molar-refractivity contribution in [2.45, 2.75) is 6.92 Å². The highest BCUT2D eigenvalue weighted by atomic mass is 16.5. The summed E-state index contributed by atoms with van der Waals surface area (Å²) in [5, 5.41) is 8.60. The maximum atomic E-state index is 12.4. The molecule has 2 aromatic carbocycles. The number of anilines is 3. The third-order valence-electron chi connectivity index (χ3n) is 3.95. The van der Waals surface area contributed by atoms with Gasteiger partial charge in [-0.2, -0.15) is 0 Å². The van der Waals surface area contributed by atoms with Gasteiger partial charge in [-0.25, -0.2) is 0 Å². The van der Waals surface area contributed by atoms with Gasteiger partial charge in [-0.1, -0.05) is 24.8 Å². The van der Waals surface area contributed by atoms with Crippen LogP contribution in [0.3, 0.4) is 0 Å². The van der Waals surface area contributed by atoms with Crippen molar-refractivity contribution in [2.24, 2.45) is 0 Å². The van der Waals surface area contributed by atoms with Gasteiger partial charge in [-0.05, 0) is 55.0 Å². The molecule has 0 saturated carbocycles. The molecule has 3 N–H and O–H groups in total. The van der Waals surface area contributed by atoms with Crippen molar-refractivity contribution in [1.29, 1.82) is 0 Å². The van der Waals surface area contributed by atoms with E-state index in [1.807, 2.05) is 31.2 Å². The third kappa shape index (κ3) is 6.00. The fraction of sp³-hybridized carbons (Fsp3) is 0.130. The molecule has 0 fully saturated rings. The zero-order valence-corrected chi connectivity index (χ0v) is 16.6.